The van der Waals surface area contributed by atoms with Crippen LogP contribution in [0.4, 0.5) is 13.2 Å². The Morgan fingerprint density at radius 3 is 2.22 bits per heavy atom. The molecule has 0 aliphatic rings. The molecule has 0 bridgehead atoms. The zero-order valence-corrected chi connectivity index (χ0v) is 13.4. The lowest BCUT2D eigenvalue weighted by Crippen LogP contribution is -2.39. The van der Waals surface area contributed by atoms with Gasteiger partial charge >= 0.3 is 6.18 Å². The van der Waals surface area contributed by atoms with Gasteiger partial charge in [-0.3, -0.25) is 4.99 Å². The van der Waals surface area contributed by atoms with E-state index in [0.717, 1.165) is 6.54 Å². The van der Waals surface area contributed by atoms with Crippen molar-refractivity contribution < 1.29 is 13.2 Å². The van der Waals surface area contributed by atoms with E-state index in [1.165, 1.54) is 0 Å². The van der Waals surface area contributed by atoms with Crippen molar-refractivity contribution in [3.8, 4) is 0 Å². The van der Waals surface area contributed by atoms with Gasteiger partial charge in [-0.1, -0.05) is 13.8 Å². The molecule has 18 heavy (non-hydrogen) atoms. The highest BCUT2D eigenvalue weighted by Crippen LogP contribution is 2.21. The highest BCUT2D eigenvalue weighted by atomic mass is 127. The minimum Gasteiger partial charge on any atom is -0.356 e. The van der Waals surface area contributed by atoms with E-state index in [0.29, 0.717) is 24.8 Å². The van der Waals surface area contributed by atoms with Gasteiger partial charge in [0.2, 0.25) is 0 Å². The summed E-state index contributed by atoms with van der Waals surface area (Å²) in [6.45, 7) is 5.45. The normalized spacial score (nSPS) is 12.3. The van der Waals surface area contributed by atoms with Crippen LogP contribution in [-0.4, -0.2) is 32.3 Å². The van der Waals surface area contributed by atoms with Crippen molar-refractivity contribution in [2.45, 2.75) is 39.3 Å². The number of guanidine groups is 1. The first kappa shape index (κ1) is 20.1. The summed E-state index contributed by atoms with van der Waals surface area (Å²) in [6.07, 6.45) is -4.12. The van der Waals surface area contributed by atoms with Crippen LogP contribution in [0.5, 0.6) is 0 Å². The van der Waals surface area contributed by atoms with Crippen LogP contribution in [0.3, 0.4) is 0 Å². The SMILES string of the molecule is CN=C(NCCCCC(F)(F)F)NCC(C)C.I. The fourth-order valence-corrected chi connectivity index (χ4v) is 1.18. The lowest BCUT2D eigenvalue weighted by molar-refractivity contribution is -0.135. The minimum absolute atomic E-state index is 0. The highest BCUT2D eigenvalue weighted by molar-refractivity contribution is 14.0. The van der Waals surface area contributed by atoms with E-state index in [1.54, 1.807) is 7.05 Å². The Kier molecular flexibility index (Phi) is 11.9. The summed E-state index contributed by atoms with van der Waals surface area (Å²) in [4.78, 5) is 3.98. The van der Waals surface area contributed by atoms with Gasteiger partial charge in [0.05, 0.1) is 0 Å². The summed E-state index contributed by atoms with van der Waals surface area (Å²) in [5, 5.41) is 6.08. The predicted octanol–water partition coefficient (Wildman–Crippen LogP) is 3.16. The number of alkyl halides is 3. The first-order valence-electron chi connectivity index (χ1n) is 5.86. The third-order valence-electron chi connectivity index (χ3n) is 2.08. The summed E-state index contributed by atoms with van der Waals surface area (Å²) in [5.41, 5.74) is 0. The number of nitrogens with one attached hydrogen (secondary N) is 2. The summed E-state index contributed by atoms with van der Waals surface area (Å²) >= 11 is 0. The van der Waals surface area contributed by atoms with Crippen LogP contribution >= 0.6 is 24.0 Å². The van der Waals surface area contributed by atoms with Crippen molar-refractivity contribution in [1.82, 2.24) is 10.6 Å². The monoisotopic (exact) mass is 381 g/mol. The Hall–Kier alpha value is -0.210. The number of unbranched alkanes of at least 4 members (excludes halogenated alkanes) is 1. The van der Waals surface area contributed by atoms with Crippen molar-refractivity contribution in [1.29, 1.82) is 0 Å². The van der Waals surface area contributed by atoms with Gasteiger partial charge < -0.3 is 10.6 Å². The standard InChI is InChI=1S/C11H22F3N3.HI/c1-9(2)8-17-10(15-3)16-7-5-4-6-11(12,13)14;/h9H,4-8H2,1-3H3,(H2,15,16,17);1H. The van der Waals surface area contributed by atoms with E-state index in [-0.39, 0.29) is 30.4 Å². The number of rotatable bonds is 6. The minimum atomic E-state index is -4.04. The average Bonchev–Trinajstić information content (AvgIpc) is 2.20. The Labute approximate surface area is 124 Å². The molecule has 0 heterocycles. The molecule has 7 heteroatoms. The molecule has 3 nitrogen and oxygen atoms in total. The van der Waals surface area contributed by atoms with Crippen LogP contribution in [0.1, 0.15) is 33.1 Å². The van der Waals surface area contributed by atoms with Gasteiger partial charge in [0.25, 0.3) is 0 Å². The van der Waals surface area contributed by atoms with Gasteiger partial charge in [0.1, 0.15) is 0 Å². The van der Waals surface area contributed by atoms with E-state index in [4.69, 9.17) is 0 Å². The largest absolute Gasteiger partial charge is 0.389 e. The van der Waals surface area contributed by atoms with Crippen LogP contribution < -0.4 is 10.6 Å². The van der Waals surface area contributed by atoms with Crippen LogP contribution in [0, 0.1) is 5.92 Å². The quantitative estimate of drug-likeness (QED) is 0.321. The molecule has 0 aromatic carbocycles. The van der Waals surface area contributed by atoms with Gasteiger partial charge in [-0.15, -0.1) is 24.0 Å². The molecule has 0 amide bonds. The fourth-order valence-electron chi connectivity index (χ4n) is 1.18. The third kappa shape index (κ3) is 13.9. The van der Waals surface area contributed by atoms with E-state index < -0.39 is 12.6 Å². The van der Waals surface area contributed by atoms with Gasteiger partial charge in [0, 0.05) is 26.6 Å². The summed E-state index contributed by atoms with van der Waals surface area (Å²) < 4.78 is 35.6. The summed E-state index contributed by atoms with van der Waals surface area (Å²) in [7, 11) is 1.64. The van der Waals surface area contributed by atoms with Crippen molar-refractivity contribution in [2.75, 3.05) is 20.1 Å². The van der Waals surface area contributed by atoms with Crippen LogP contribution in [-0.2, 0) is 0 Å². The number of hydrogen-bond acceptors (Lipinski definition) is 1. The first-order chi connectivity index (χ1) is 7.85. The molecule has 0 aromatic heterocycles. The smallest absolute Gasteiger partial charge is 0.356 e. The average molecular weight is 381 g/mol. The molecule has 0 atom stereocenters. The fraction of sp³-hybridized carbons (Fsp3) is 0.909. The van der Waals surface area contributed by atoms with Crippen LogP contribution in [0.15, 0.2) is 4.99 Å². The Morgan fingerprint density at radius 1 is 1.17 bits per heavy atom. The maximum Gasteiger partial charge on any atom is 0.389 e. The number of halogens is 4. The number of hydrogen-bond donors (Lipinski definition) is 2. The van der Waals surface area contributed by atoms with E-state index in [2.05, 4.69) is 29.5 Å². The van der Waals surface area contributed by atoms with Crippen molar-refractivity contribution in [3.63, 3.8) is 0 Å². The van der Waals surface area contributed by atoms with Gasteiger partial charge in [-0.2, -0.15) is 13.2 Å². The number of nitrogens with zero attached hydrogens (tertiary/aromatic N) is 1. The molecular formula is C11H23F3IN3. The second-order valence-electron chi connectivity index (χ2n) is 4.35. The molecule has 0 aliphatic heterocycles. The van der Waals surface area contributed by atoms with Crippen LogP contribution in [0.2, 0.25) is 0 Å². The van der Waals surface area contributed by atoms with Crippen molar-refractivity contribution >= 4 is 29.9 Å². The molecule has 0 aromatic rings. The van der Waals surface area contributed by atoms with Crippen molar-refractivity contribution in [3.05, 3.63) is 0 Å². The maximum absolute atomic E-state index is 11.9. The number of aliphatic imine (C=N–C) groups is 1. The molecule has 0 unspecified atom stereocenters. The maximum atomic E-state index is 11.9. The molecule has 0 aliphatic carbocycles. The van der Waals surface area contributed by atoms with Gasteiger partial charge in [-0.25, -0.2) is 0 Å². The van der Waals surface area contributed by atoms with E-state index in [9.17, 15) is 13.2 Å². The zero-order chi connectivity index (χ0) is 13.3. The molecule has 0 saturated heterocycles. The lowest BCUT2D eigenvalue weighted by atomic mass is 10.2. The molecule has 0 rings (SSSR count). The molecule has 0 spiro atoms. The Bertz CT molecular complexity index is 230. The molecule has 0 radical (unpaired) electrons. The van der Waals surface area contributed by atoms with Crippen molar-refractivity contribution in [2.24, 2.45) is 10.9 Å². The summed E-state index contributed by atoms with van der Waals surface area (Å²) in [5.74, 6) is 1.14. The van der Waals surface area contributed by atoms with E-state index >= 15 is 0 Å². The third-order valence-corrected chi connectivity index (χ3v) is 2.08. The second kappa shape index (κ2) is 10.7. The molecule has 0 saturated carbocycles. The molecule has 2 N–H and O–H groups in total. The van der Waals surface area contributed by atoms with Gasteiger partial charge in [0.15, 0.2) is 5.96 Å². The highest BCUT2D eigenvalue weighted by Gasteiger charge is 2.25. The topological polar surface area (TPSA) is 36.4 Å². The van der Waals surface area contributed by atoms with Crippen LogP contribution in [0.25, 0.3) is 0 Å². The van der Waals surface area contributed by atoms with E-state index in [1.807, 2.05) is 0 Å². The first-order valence-corrected chi connectivity index (χ1v) is 5.86. The molecule has 0 fully saturated rings. The predicted molar refractivity (Wildman–Crippen MR) is 79.5 cm³/mol. The summed E-state index contributed by atoms with van der Waals surface area (Å²) in [6, 6.07) is 0. The Morgan fingerprint density at radius 2 is 1.78 bits per heavy atom. The second-order valence-corrected chi connectivity index (χ2v) is 4.35. The lowest BCUT2D eigenvalue weighted by Gasteiger charge is -2.13. The molecule has 110 valence electrons. The van der Waals surface area contributed by atoms with Gasteiger partial charge in [-0.05, 0) is 18.8 Å². The zero-order valence-electron chi connectivity index (χ0n) is 11.1. The Balaban J connectivity index is 0. The molecular weight excluding hydrogens is 358 g/mol.